The Kier molecular flexibility index (Phi) is 10.2. The van der Waals surface area contributed by atoms with Gasteiger partial charge < -0.3 is 20.1 Å². The first-order chi connectivity index (χ1) is 16.6. The molecule has 2 aromatic rings. The number of ether oxygens (including phenoxy) is 1. The first-order valence-electron chi connectivity index (χ1n) is 12.6. The topological polar surface area (TPSA) is 82.1 Å². The third kappa shape index (κ3) is 6.93. The fraction of sp³-hybridized carbons (Fsp3) is 0.556. The van der Waals surface area contributed by atoms with Crippen LogP contribution in [-0.2, 0) is 4.74 Å². The number of nitrogens with zero attached hydrogens (tertiary/aromatic N) is 2. The van der Waals surface area contributed by atoms with Gasteiger partial charge >= 0.3 is 6.09 Å². The summed E-state index contributed by atoms with van der Waals surface area (Å²) in [6, 6.07) is 13.7. The Morgan fingerprint density at radius 3 is 2.62 bits per heavy atom. The van der Waals surface area contributed by atoms with E-state index in [1.165, 1.54) is 0 Å². The Balaban J connectivity index is 1.66. The molecule has 0 aromatic heterocycles. The normalized spacial score (nSPS) is 17.5. The number of aliphatic hydroxyl groups is 1. The molecule has 1 saturated heterocycles. The Hall–Kier alpha value is -2.64. The second-order valence-electron chi connectivity index (χ2n) is 9.08. The molecule has 7 nitrogen and oxygen atoms in total. The third-order valence-corrected chi connectivity index (χ3v) is 6.53. The Labute approximate surface area is 203 Å². The van der Waals surface area contributed by atoms with Crippen molar-refractivity contribution in [2.45, 2.75) is 58.0 Å². The largest absolute Gasteiger partial charge is 0.450 e. The molecule has 2 amide bonds. The van der Waals surface area contributed by atoms with Crippen LogP contribution >= 0.6 is 0 Å². The van der Waals surface area contributed by atoms with E-state index in [0.29, 0.717) is 32.8 Å². The summed E-state index contributed by atoms with van der Waals surface area (Å²) >= 11 is 0. The van der Waals surface area contributed by atoms with Crippen LogP contribution in [0, 0.1) is 0 Å². The second-order valence-corrected chi connectivity index (χ2v) is 9.08. The summed E-state index contributed by atoms with van der Waals surface area (Å²) in [6.45, 7) is 6.92. The van der Waals surface area contributed by atoms with Gasteiger partial charge in [-0.2, -0.15) is 0 Å². The van der Waals surface area contributed by atoms with E-state index in [1.807, 2.05) is 54.3 Å². The van der Waals surface area contributed by atoms with Gasteiger partial charge in [-0.1, -0.05) is 69.5 Å². The maximum Gasteiger partial charge on any atom is 0.407 e. The van der Waals surface area contributed by atoms with E-state index in [9.17, 15) is 14.7 Å². The van der Waals surface area contributed by atoms with E-state index in [-0.39, 0.29) is 18.6 Å². The quantitative estimate of drug-likeness (QED) is 0.486. The standard InChI is InChI=1S/C27H39N3O4/c1-3-5-12-23-19-30(26(32)25-14-9-11-21-10-7-8-13-24(21)25)16-15-29(23)18-22(20-31)28-27(33)34-17-6-4-2/h7-11,13-14,22-23,31H,3-6,12,15-20H2,1-2H3,(H,28,33)/t22-,23+/m1/s1. The fourth-order valence-electron chi connectivity index (χ4n) is 4.56. The average Bonchev–Trinajstić information content (AvgIpc) is 2.87. The summed E-state index contributed by atoms with van der Waals surface area (Å²) in [4.78, 5) is 29.8. The summed E-state index contributed by atoms with van der Waals surface area (Å²) in [5.74, 6) is 0.0642. The van der Waals surface area contributed by atoms with Crippen LogP contribution < -0.4 is 5.32 Å². The molecule has 0 saturated carbocycles. The van der Waals surface area contributed by atoms with Crippen molar-refractivity contribution in [1.29, 1.82) is 0 Å². The molecule has 2 atom stereocenters. The molecule has 3 rings (SSSR count). The number of nitrogens with one attached hydrogen (secondary N) is 1. The van der Waals surface area contributed by atoms with Gasteiger partial charge in [0.1, 0.15) is 0 Å². The number of carbonyl (C=O) groups is 2. The molecule has 2 N–H and O–H groups in total. The lowest BCUT2D eigenvalue weighted by molar-refractivity contribution is 0.0396. The van der Waals surface area contributed by atoms with Crippen LogP contribution in [0.15, 0.2) is 42.5 Å². The van der Waals surface area contributed by atoms with Crippen molar-refractivity contribution in [1.82, 2.24) is 15.1 Å². The van der Waals surface area contributed by atoms with Crippen LogP contribution in [0.1, 0.15) is 56.3 Å². The maximum atomic E-state index is 13.5. The first kappa shape index (κ1) is 26.0. The minimum Gasteiger partial charge on any atom is -0.450 e. The minimum atomic E-state index is -0.484. The van der Waals surface area contributed by atoms with Gasteiger partial charge in [-0.05, 0) is 29.7 Å². The van der Waals surface area contributed by atoms with E-state index in [0.717, 1.165) is 48.4 Å². The van der Waals surface area contributed by atoms with Crippen LogP contribution in [0.4, 0.5) is 4.79 Å². The molecular formula is C27H39N3O4. The van der Waals surface area contributed by atoms with Gasteiger partial charge in [-0.15, -0.1) is 0 Å². The minimum absolute atomic E-state index is 0.0642. The predicted molar refractivity (Wildman–Crippen MR) is 135 cm³/mol. The molecule has 0 aliphatic carbocycles. The molecule has 1 aliphatic rings. The molecule has 2 aromatic carbocycles. The number of carbonyl (C=O) groups excluding carboxylic acids is 2. The van der Waals surface area contributed by atoms with Gasteiger partial charge in [0.05, 0.1) is 19.3 Å². The van der Waals surface area contributed by atoms with Gasteiger partial charge in [0.25, 0.3) is 5.91 Å². The molecule has 1 fully saturated rings. The van der Waals surface area contributed by atoms with E-state index in [4.69, 9.17) is 4.74 Å². The van der Waals surface area contributed by atoms with Gasteiger partial charge in [0.15, 0.2) is 0 Å². The lowest BCUT2D eigenvalue weighted by Crippen LogP contribution is -2.58. The SMILES string of the molecule is CCCCOC(=O)N[C@@H](CO)CN1CCN(C(=O)c2cccc3ccccc23)C[C@@H]1CCCC. The summed E-state index contributed by atoms with van der Waals surface area (Å²) in [5.41, 5.74) is 0.741. The summed E-state index contributed by atoms with van der Waals surface area (Å²) in [5, 5.41) is 14.7. The van der Waals surface area contributed by atoms with E-state index in [1.54, 1.807) is 0 Å². The van der Waals surface area contributed by atoms with Crippen LogP contribution in [0.25, 0.3) is 10.8 Å². The number of fused-ring (bicyclic) bond motifs is 1. The lowest BCUT2D eigenvalue weighted by Gasteiger charge is -2.43. The first-order valence-corrected chi connectivity index (χ1v) is 12.6. The van der Waals surface area contributed by atoms with Crippen molar-refractivity contribution in [3.05, 3.63) is 48.0 Å². The summed E-state index contributed by atoms with van der Waals surface area (Å²) in [6.07, 6.45) is 4.40. The van der Waals surface area contributed by atoms with Crippen LogP contribution in [0.3, 0.4) is 0 Å². The number of piperazine rings is 1. The average molecular weight is 470 g/mol. The summed E-state index contributed by atoms with van der Waals surface area (Å²) in [7, 11) is 0. The zero-order valence-corrected chi connectivity index (χ0v) is 20.5. The molecular weight excluding hydrogens is 430 g/mol. The highest BCUT2D eigenvalue weighted by atomic mass is 16.5. The van der Waals surface area contributed by atoms with Gasteiger partial charge in [-0.25, -0.2) is 4.79 Å². The second kappa shape index (κ2) is 13.3. The van der Waals surface area contributed by atoms with Crippen molar-refractivity contribution in [3.63, 3.8) is 0 Å². The van der Waals surface area contributed by atoms with E-state index in [2.05, 4.69) is 17.1 Å². The number of hydrogen-bond acceptors (Lipinski definition) is 5. The maximum absolute atomic E-state index is 13.5. The third-order valence-electron chi connectivity index (χ3n) is 6.53. The zero-order valence-electron chi connectivity index (χ0n) is 20.5. The predicted octanol–water partition coefficient (Wildman–Crippen LogP) is 4.04. The van der Waals surface area contributed by atoms with Crippen molar-refractivity contribution in [2.24, 2.45) is 0 Å². The molecule has 0 spiro atoms. The number of aliphatic hydroxyl groups excluding tert-OH is 1. The lowest BCUT2D eigenvalue weighted by atomic mass is 10.0. The van der Waals surface area contributed by atoms with Crippen LogP contribution in [0.2, 0.25) is 0 Å². The van der Waals surface area contributed by atoms with Gasteiger partial charge in [-0.3, -0.25) is 9.69 Å². The van der Waals surface area contributed by atoms with Gasteiger partial charge in [0, 0.05) is 37.8 Å². The van der Waals surface area contributed by atoms with Crippen molar-refractivity contribution < 1.29 is 19.4 Å². The molecule has 1 aliphatic heterocycles. The highest BCUT2D eigenvalue weighted by molar-refractivity contribution is 6.07. The van der Waals surface area contributed by atoms with Crippen LogP contribution in [0.5, 0.6) is 0 Å². The molecule has 1 heterocycles. The zero-order chi connectivity index (χ0) is 24.3. The van der Waals surface area contributed by atoms with Crippen molar-refractivity contribution >= 4 is 22.8 Å². The smallest absolute Gasteiger partial charge is 0.407 e. The van der Waals surface area contributed by atoms with E-state index < -0.39 is 12.1 Å². The highest BCUT2D eigenvalue weighted by Gasteiger charge is 2.31. The molecule has 0 radical (unpaired) electrons. The van der Waals surface area contributed by atoms with Gasteiger partial charge in [0.2, 0.25) is 0 Å². The molecule has 0 unspecified atom stereocenters. The molecule has 34 heavy (non-hydrogen) atoms. The van der Waals surface area contributed by atoms with E-state index >= 15 is 0 Å². The number of alkyl carbamates (subject to hydrolysis) is 1. The number of unbranched alkanes of at least 4 members (excludes halogenated alkanes) is 2. The number of hydrogen-bond donors (Lipinski definition) is 2. The number of benzene rings is 2. The van der Waals surface area contributed by atoms with Crippen LogP contribution in [-0.4, -0.2) is 78.4 Å². The monoisotopic (exact) mass is 469 g/mol. The summed E-state index contributed by atoms with van der Waals surface area (Å²) < 4.78 is 5.20. The van der Waals surface area contributed by atoms with Crippen molar-refractivity contribution in [3.8, 4) is 0 Å². The molecule has 0 bridgehead atoms. The Morgan fingerprint density at radius 2 is 1.85 bits per heavy atom. The number of amides is 2. The molecule has 7 heteroatoms. The van der Waals surface area contributed by atoms with Crippen molar-refractivity contribution in [2.75, 3.05) is 39.4 Å². The Bertz CT molecular complexity index is 930. The highest BCUT2D eigenvalue weighted by Crippen LogP contribution is 2.23. The fourth-order valence-corrected chi connectivity index (χ4v) is 4.56. The molecule has 186 valence electrons. The Morgan fingerprint density at radius 1 is 1.09 bits per heavy atom. The number of rotatable bonds is 11.